The Labute approximate surface area is 181 Å². The van der Waals surface area contributed by atoms with Gasteiger partial charge >= 0.3 is 11.9 Å². The van der Waals surface area contributed by atoms with Gasteiger partial charge in [0.25, 0.3) is 5.56 Å². The fourth-order valence-corrected chi connectivity index (χ4v) is 4.25. The fourth-order valence-electron chi connectivity index (χ4n) is 4.25. The standard InChI is InChI=1S/C23H22F3N3O3/c1-2-18(21(31)27-12-5-6-13-27)29-19-11-4-3-10-17(19)20(30)28(22(29)32)16-9-7-8-15(14-16)23(24,25)26/h3-4,7-11,14,18H,2,5-6,12-13H2,1H3. The highest BCUT2D eigenvalue weighted by Gasteiger charge is 2.32. The number of aromatic nitrogens is 2. The molecular formula is C23H22F3N3O3. The van der Waals surface area contributed by atoms with Gasteiger partial charge in [0.1, 0.15) is 6.04 Å². The highest BCUT2D eigenvalue weighted by atomic mass is 19.4. The first-order chi connectivity index (χ1) is 15.2. The largest absolute Gasteiger partial charge is 0.416 e. The minimum absolute atomic E-state index is 0.150. The second-order valence-electron chi connectivity index (χ2n) is 7.81. The van der Waals surface area contributed by atoms with Crippen molar-refractivity contribution in [3.8, 4) is 5.69 Å². The molecule has 0 N–H and O–H groups in total. The van der Waals surface area contributed by atoms with Crippen molar-refractivity contribution in [3.05, 3.63) is 74.9 Å². The van der Waals surface area contributed by atoms with Crippen LogP contribution in [0.15, 0.2) is 58.1 Å². The molecule has 1 aliphatic rings. The van der Waals surface area contributed by atoms with Crippen molar-refractivity contribution in [2.24, 2.45) is 0 Å². The summed E-state index contributed by atoms with van der Waals surface area (Å²) in [5, 5.41) is 0.150. The number of alkyl halides is 3. The molecular weight excluding hydrogens is 423 g/mol. The Hall–Kier alpha value is -3.36. The minimum atomic E-state index is -4.63. The van der Waals surface area contributed by atoms with Crippen LogP contribution in [-0.2, 0) is 11.0 Å². The number of benzene rings is 2. The predicted molar refractivity (Wildman–Crippen MR) is 114 cm³/mol. The van der Waals surface area contributed by atoms with Crippen LogP contribution in [0.1, 0.15) is 37.8 Å². The van der Waals surface area contributed by atoms with Crippen LogP contribution in [0.3, 0.4) is 0 Å². The topological polar surface area (TPSA) is 64.3 Å². The Balaban J connectivity index is 2.00. The lowest BCUT2D eigenvalue weighted by Crippen LogP contribution is -2.45. The van der Waals surface area contributed by atoms with E-state index in [-0.39, 0.29) is 22.5 Å². The molecule has 4 rings (SSSR count). The van der Waals surface area contributed by atoms with Gasteiger partial charge in [-0.15, -0.1) is 0 Å². The van der Waals surface area contributed by atoms with Crippen LogP contribution >= 0.6 is 0 Å². The van der Waals surface area contributed by atoms with Crippen molar-refractivity contribution < 1.29 is 18.0 Å². The van der Waals surface area contributed by atoms with E-state index in [1.54, 1.807) is 30.0 Å². The summed E-state index contributed by atoms with van der Waals surface area (Å²) in [6.45, 7) is 2.95. The molecule has 1 fully saturated rings. The summed E-state index contributed by atoms with van der Waals surface area (Å²) in [6.07, 6.45) is -2.59. The monoisotopic (exact) mass is 445 g/mol. The molecule has 0 aliphatic carbocycles. The molecule has 0 spiro atoms. The first kappa shape index (κ1) is 21.9. The van der Waals surface area contributed by atoms with Crippen molar-refractivity contribution in [1.29, 1.82) is 0 Å². The van der Waals surface area contributed by atoms with Gasteiger partial charge in [-0.2, -0.15) is 13.2 Å². The third-order valence-electron chi connectivity index (χ3n) is 5.83. The first-order valence-corrected chi connectivity index (χ1v) is 10.5. The Bertz CT molecular complexity index is 1290. The number of carbonyl (C=O) groups is 1. The first-order valence-electron chi connectivity index (χ1n) is 10.5. The van der Waals surface area contributed by atoms with E-state index in [9.17, 15) is 27.6 Å². The predicted octanol–water partition coefficient (Wildman–Crippen LogP) is 3.74. The number of halogens is 3. The van der Waals surface area contributed by atoms with Crippen LogP contribution in [0.2, 0.25) is 0 Å². The van der Waals surface area contributed by atoms with Gasteiger partial charge in [0.2, 0.25) is 5.91 Å². The number of carbonyl (C=O) groups excluding carboxylic acids is 1. The second kappa shape index (κ2) is 8.29. The Morgan fingerprint density at radius 2 is 1.72 bits per heavy atom. The van der Waals surface area contributed by atoms with E-state index in [0.717, 1.165) is 35.6 Å². The summed E-state index contributed by atoms with van der Waals surface area (Å²) in [5.74, 6) is -0.230. The van der Waals surface area contributed by atoms with Gasteiger partial charge in [-0.1, -0.05) is 25.1 Å². The molecule has 32 heavy (non-hydrogen) atoms. The maximum absolute atomic E-state index is 13.6. The number of amides is 1. The number of fused-ring (bicyclic) bond motifs is 1. The summed E-state index contributed by atoms with van der Waals surface area (Å²) in [7, 11) is 0. The molecule has 9 heteroatoms. The van der Waals surface area contributed by atoms with Gasteiger partial charge < -0.3 is 4.90 Å². The highest BCUT2D eigenvalue weighted by molar-refractivity contribution is 5.85. The minimum Gasteiger partial charge on any atom is -0.341 e. The number of rotatable bonds is 4. The quantitative estimate of drug-likeness (QED) is 0.615. The maximum atomic E-state index is 13.6. The molecule has 0 radical (unpaired) electrons. The van der Waals surface area contributed by atoms with Gasteiger partial charge in [-0.25, -0.2) is 9.36 Å². The van der Waals surface area contributed by atoms with Crippen LogP contribution in [0.25, 0.3) is 16.6 Å². The molecule has 1 aliphatic heterocycles. The van der Waals surface area contributed by atoms with Crippen molar-refractivity contribution >= 4 is 16.8 Å². The Morgan fingerprint density at radius 1 is 1.03 bits per heavy atom. The van der Waals surface area contributed by atoms with Crippen LogP contribution in [0.4, 0.5) is 13.2 Å². The molecule has 2 heterocycles. The van der Waals surface area contributed by atoms with Crippen molar-refractivity contribution in [3.63, 3.8) is 0 Å². The molecule has 1 aromatic heterocycles. The second-order valence-corrected chi connectivity index (χ2v) is 7.81. The van der Waals surface area contributed by atoms with Crippen molar-refractivity contribution in [2.75, 3.05) is 13.1 Å². The summed E-state index contributed by atoms with van der Waals surface area (Å²) < 4.78 is 41.7. The molecule has 3 aromatic rings. The molecule has 1 atom stereocenters. The van der Waals surface area contributed by atoms with Gasteiger partial charge in [0, 0.05) is 13.1 Å². The van der Waals surface area contributed by atoms with Crippen LogP contribution in [0, 0.1) is 0 Å². The lowest BCUT2D eigenvalue weighted by Gasteiger charge is -2.26. The van der Waals surface area contributed by atoms with E-state index in [1.165, 1.54) is 16.7 Å². The Morgan fingerprint density at radius 3 is 2.38 bits per heavy atom. The zero-order valence-corrected chi connectivity index (χ0v) is 17.4. The summed E-state index contributed by atoms with van der Waals surface area (Å²) in [6, 6.07) is 9.54. The zero-order valence-electron chi connectivity index (χ0n) is 17.4. The van der Waals surface area contributed by atoms with E-state index < -0.39 is 29.0 Å². The smallest absolute Gasteiger partial charge is 0.341 e. The Kier molecular flexibility index (Phi) is 5.66. The van der Waals surface area contributed by atoms with E-state index in [1.807, 2.05) is 0 Å². The molecule has 2 aromatic carbocycles. The fraction of sp³-hybridized carbons (Fsp3) is 0.348. The average Bonchev–Trinajstić information content (AvgIpc) is 3.31. The van der Waals surface area contributed by atoms with E-state index in [0.29, 0.717) is 19.5 Å². The molecule has 168 valence electrons. The molecule has 1 unspecified atom stereocenters. The van der Waals surface area contributed by atoms with Crippen LogP contribution in [0.5, 0.6) is 0 Å². The molecule has 6 nitrogen and oxygen atoms in total. The number of hydrogen-bond donors (Lipinski definition) is 0. The number of hydrogen-bond acceptors (Lipinski definition) is 3. The van der Waals surface area contributed by atoms with Crippen LogP contribution in [-0.4, -0.2) is 33.0 Å². The SMILES string of the molecule is CCC(C(=O)N1CCCC1)n1c(=O)n(-c2cccc(C(F)(F)F)c2)c(=O)c2ccccc21. The number of para-hydroxylation sites is 1. The van der Waals surface area contributed by atoms with Gasteiger partial charge in [0.15, 0.2) is 0 Å². The number of likely N-dealkylation sites (tertiary alicyclic amines) is 1. The molecule has 0 saturated carbocycles. The van der Waals surface area contributed by atoms with Gasteiger partial charge in [0.05, 0.1) is 22.2 Å². The van der Waals surface area contributed by atoms with Gasteiger partial charge in [-0.05, 0) is 49.6 Å². The molecule has 1 saturated heterocycles. The normalized spacial score (nSPS) is 15.3. The van der Waals surface area contributed by atoms with Crippen molar-refractivity contribution in [1.82, 2.24) is 14.0 Å². The van der Waals surface area contributed by atoms with E-state index >= 15 is 0 Å². The third-order valence-corrected chi connectivity index (χ3v) is 5.83. The van der Waals surface area contributed by atoms with E-state index in [4.69, 9.17) is 0 Å². The zero-order chi connectivity index (χ0) is 23.0. The van der Waals surface area contributed by atoms with Crippen molar-refractivity contribution in [2.45, 2.75) is 38.4 Å². The molecule has 0 bridgehead atoms. The highest BCUT2D eigenvalue weighted by Crippen LogP contribution is 2.30. The number of nitrogens with zero attached hydrogens (tertiary/aromatic N) is 3. The lowest BCUT2D eigenvalue weighted by atomic mass is 10.1. The summed E-state index contributed by atoms with van der Waals surface area (Å²) >= 11 is 0. The summed E-state index contributed by atoms with van der Waals surface area (Å²) in [4.78, 5) is 41.6. The van der Waals surface area contributed by atoms with Crippen LogP contribution < -0.4 is 11.2 Å². The van der Waals surface area contributed by atoms with Gasteiger partial charge in [-0.3, -0.25) is 14.2 Å². The average molecular weight is 445 g/mol. The molecule has 1 amide bonds. The lowest BCUT2D eigenvalue weighted by molar-refractivity contribution is -0.137. The summed E-state index contributed by atoms with van der Waals surface area (Å²) in [5.41, 5.74) is -2.46. The third kappa shape index (κ3) is 3.72. The maximum Gasteiger partial charge on any atom is 0.416 e. The van der Waals surface area contributed by atoms with E-state index in [2.05, 4.69) is 0 Å².